The molecule has 1 aliphatic carbocycles. The van der Waals surface area contributed by atoms with E-state index >= 15 is 0 Å². The van der Waals surface area contributed by atoms with Crippen molar-refractivity contribution >= 4 is 20.4 Å². The number of hydrogen-bond donors (Lipinski definition) is 0. The molecule has 0 aromatic rings. The Morgan fingerprint density at radius 3 is 0.800 bits per heavy atom. The van der Waals surface area contributed by atoms with Gasteiger partial charge < -0.3 is 0 Å². The summed E-state index contributed by atoms with van der Waals surface area (Å²) < 4.78 is 0. The molecule has 1 aliphatic rings. The standard InChI is InChI=1S/C8H12.3CO.Ru/c1-2-4-6-8-7-5-3-1;3*1-2;/h1-2,7-8H,3-6H2;;;;/b2-1-,8-7-;;;;. The number of allylic oxidation sites excluding steroid dienone is 4. The Kier molecular flexibility index (Phi) is 60.2. The summed E-state index contributed by atoms with van der Waals surface area (Å²) in [6.45, 7) is 13.5. The van der Waals surface area contributed by atoms with Crippen LogP contribution in [0.4, 0.5) is 0 Å². The molecule has 15 heavy (non-hydrogen) atoms. The van der Waals surface area contributed by atoms with Crippen LogP contribution < -0.4 is 0 Å². The Balaban J connectivity index is -0.0000000755. The quantitative estimate of drug-likeness (QED) is 0.502. The Morgan fingerprint density at radius 2 is 0.667 bits per heavy atom. The van der Waals surface area contributed by atoms with Crippen LogP contribution in [0, 0.1) is 0 Å². The Bertz CT molecular complexity index is 116. The van der Waals surface area contributed by atoms with E-state index in [1.165, 1.54) is 25.7 Å². The second kappa shape index (κ2) is 38.0. The average Bonchev–Trinajstić information content (AvgIpc) is 2.26. The zero-order valence-electron chi connectivity index (χ0n) is 8.22. The zero-order chi connectivity index (χ0) is 11.7. The molecule has 0 fully saturated rings. The fourth-order valence-corrected chi connectivity index (χ4v) is 0.856. The van der Waals surface area contributed by atoms with Crippen molar-refractivity contribution in [1.82, 2.24) is 0 Å². The van der Waals surface area contributed by atoms with Gasteiger partial charge in [-0.25, -0.2) is 0 Å². The average molecular weight is 293 g/mol. The van der Waals surface area contributed by atoms with Gasteiger partial charge in [0, 0.05) is 19.5 Å². The normalized spacial score (nSPS) is 15.7. The van der Waals surface area contributed by atoms with E-state index in [0.29, 0.717) is 0 Å². The molecule has 0 spiro atoms. The van der Waals surface area contributed by atoms with Gasteiger partial charge >= 0.3 is 0 Å². The molecule has 0 saturated carbocycles. The summed E-state index contributed by atoms with van der Waals surface area (Å²) in [5.74, 6) is 0. The van der Waals surface area contributed by atoms with Crippen molar-refractivity contribution in [2.45, 2.75) is 25.7 Å². The van der Waals surface area contributed by atoms with E-state index in [2.05, 4.69) is 44.7 Å². The summed E-state index contributed by atoms with van der Waals surface area (Å²) in [4.78, 5) is 22.5. The van der Waals surface area contributed by atoms with E-state index in [1.54, 1.807) is 0 Å². The first-order chi connectivity index (χ1) is 7.00. The SMILES string of the molecule is C1=C\CC/C=C\CC/1.[C]=O.[C]=O.[C]=O.[Ru]. The van der Waals surface area contributed by atoms with Crippen molar-refractivity contribution in [3.63, 3.8) is 0 Å². The maximum absolute atomic E-state index is 7.50. The van der Waals surface area contributed by atoms with Crippen LogP contribution in [0.2, 0.25) is 0 Å². The van der Waals surface area contributed by atoms with Crippen molar-refractivity contribution in [2.75, 3.05) is 0 Å². The van der Waals surface area contributed by atoms with Crippen LogP contribution >= 0.6 is 0 Å². The fraction of sp³-hybridized carbons (Fsp3) is 0.364. The molecule has 0 saturated heterocycles. The van der Waals surface area contributed by atoms with Gasteiger partial charge in [-0.2, -0.15) is 0 Å². The minimum atomic E-state index is 0. The van der Waals surface area contributed by atoms with Crippen LogP contribution in [0.3, 0.4) is 0 Å². The van der Waals surface area contributed by atoms with Crippen LogP contribution in [0.15, 0.2) is 24.3 Å². The van der Waals surface area contributed by atoms with Crippen LogP contribution in [0.1, 0.15) is 25.7 Å². The minimum absolute atomic E-state index is 0. The predicted octanol–water partition coefficient (Wildman–Crippen LogP) is 1.48. The van der Waals surface area contributed by atoms with Crippen LogP contribution in [0.5, 0.6) is 0 Å². The van der Waals surface area contributed by atoms with Crippen LogP contribution in [-0.2, 0) is 33.9 Å². The largest absolute Gasteiger partial charge is 0.281 e. The van der Waals surface area contributed by atoms with Crippen molar-refractivity contribution in [3.05, 3.63) is 24.3 Å². The van der Waals surface area contributed by atoms with Crippen molar-refractivity contribution < 1.29 is 33.9 Å². The van der Waals surface area contributed by atoms with E-state index in [-0.39, 0.29) is 19.5 Å². The summed E-state index contributed by atoms with van der Waals surface area (Å²) in [6.07, 6.45) is 14.0. The molecular formula is C11H12O3Ru. The van der Waals surface area contributed by atoms with E-state index < -0.39 is 0 Å². The number of hydrogen-bond acceptors (Lipinski definition) is 3. The zero-order valence-corrected chi connectivity index (χ0v) is 9.95. The van der Waals surface area contributed by atoms with E-state index in [0.717, 1.165) is 0 Å². The third-order valence-electron chi connectivity index (χ3n) is 1.33. The second-order valence-electron chi connectivity index (χ2n) is 2.10. The van der Waals surface area contributed by atoms with E-state index in [1.807, 2.05) is 0 Å². The maximum Gasteiger partial charge on any atom is 0.281 e. The molecule has 0 aliphatic heterocycles. The van der Waals surface area contributed by atoms with Gasteiger partial charge in [0.25, 0.3) is 20.4 Å². The smallest absolute Gasteiger partial charge is 0.281 e. The molecule has 0 amide bonds. The number of rotatable bonds is 0. The monoisotopic (exact) mass is 294 g/mol. The van der Waals surface area contributed by atoms with E-state index in [4.69, 9.17) is 14.4 Å². The molecule has 0 atom stereocenters. The molecule has 0 bridgehead atoms. The van der Waals surface area contributed by atoms with Gasteiger partial charge in [-0.1, -0.05) is 24.3 Å². The topological polar surface area (TPSA) is 51.2 Å². The molecule has 0 N–H and O–H groups in total. The molecule has 0 heterocycles. The molecule has 3 nitrogen and oxygen atoms in total. The summed E-state index contributed by atoms with van der Waals surface area (Å²) in [7, 11) is 0. The van der Waals surface area contributed by atoms with Crippen molar-refractivity contribution in [1.29, 1.82) is 0 Å². The van der Waals surface area contributed by atoms with Gasteiger partial charge in [0.15, 0.2) is 0 Å². The first-order valence-corrected chi connectivity index (χ1v) is 3.91. The van der Waals surface area contributed by atoms with Crippen molar-refractivity contribution in [2.24, 2.45) is 0 Å². The first kappa shape index (κ1) is 23.7. The molecule has 0 unspecified atom stereocenters. The first-order valence-electron chi connectivity index (χ1n) is 3.91. The van der Waals surface area contributed by atoms with Gasteiger partial charge in [0.05, 0.1) is 0 Å². The molecular weight excluding hydrogens is 281 g/mol. The van der Waals surface area contributed by atoms with Gasteiger partial charge in [-0.15, -0.1) is 0 Å². The Morgan fingerprint density at radius 1 is 0.533 bits per heavy atom. The molecule has 1 rings (SSSR count). The fourth-order valence-electron chi connectivity index (χ4n) is 0.856. The molecule has 0 aromatic heterocycles. The summed E-state index contributed by atoms with van der Waals surface area (Å²) in [5.41, 5.74) is 0. The second-order valence-corrected chi connectivity index (χ2v) is 2.10. The summed E-state index contributed by atoms with van der Waals surface area (Å²) >= 11 is 0. The summed E-state index contributed by atoms with van der Waals surface area (Å²) in [5, 5.41) is 0. The van der Waals surface area contributed by atoms with E-state index in [9.17, 15) is 0 Å². The predicted molar refractivity (Wildman–Crippen MR) is 53.8 cm³/mol. The molecule has 82 valence electrons. The maximum atomic E-state index is 7.50. The number of carbonyl (C=O) groups excluding carboxylic acids is 3. The Hall–Kier alpha value is -0.887. The third kappa shape index (κ3) is 32.0. The minimum Gasteiger partial charge on any atom is -0.281 e. The molecule has 4 heteroatoms. The van der Waals surface area contributed by atoms with Crippen molar-refractivity contribution in [3.8, 4) is 0 Å². The van der Waals surface area contributed by atoms with Gasteiger partial charge in [-0.05, 0) is 25.7 Å². The van der Waals surface area contributed by atoms with Crippen LogP contribution in [-0.4, -0.2) is 20.4 Å². The van der Waals surface area contributed by atoms with Gasteiger partial charge in [0.1, 0.15) is 0 Å². The molecule has 0 aromatic carbocycles. The van der Waals surface area contributed by atoms with Gasteiger partial charge in [0.2, 0.25) is 0 Å². The van der Waals surface area contributed by atoms with Crippen LogP contribution in [0.25, 0.3) is 0 Å². The molecule has 6 radical (unpaired) electrons. The Labute approximate surface area is 104 Å². The summed E-state index contributed by atoms with van der Waals surface area (Å²) in [6, 6.07) is 0. The third-order valence-corrected chi connectivity index (χ3v) is 1.33. The van der Waals surface area contributed by atoms with Gasteiger partial charge in [-0.3, -0.25) is 14.4 Å².